The lowest BCUT2D eigenvalue weighted by Crippen LogP contribution is -2.28. The molecule has 1 saturated carbocycles. The van der Waals surface area contributed by atoms with E-state index in [1.165, 1.54) is 11.3 Å². The van der Waals surface area contributed by atoms with Gasteiger partial charge in [-0.2, -0.15) is 0 Å². The molecule has 3 rings (SSSR count). The molecule has 0 radical (unpaired) electrons. The molecule has 0 amide bonds. The number of hydrogen-bond acceptors (Lipinski definition) is 5. The van der Waals surface area contributed by atoms with Crippen molar-refractivity contribution >= 4 is 23.0 Å². The van der Waals surface area contributed by atoms with Crippen molar-refractivity contribution in [1.29, 1.82) is 0 Å². The van der Waals surface area contributed by atoms with Crippen molar-refractivity contribution in [3.05, 3.63) is 28.7 Å². The Hall–Kier alpha value is -1.89. The second-order valence-electron chi connectivity index (χ2n) is 5.00. The third-order valence-corrected chi connectivity index (χ3v) is 4.63. The van der Waals surface area contributed by atoms with Crippen LogP contribution in [0.1, 0.15) is 41.4 Å². The average Bonchev–Trinajstić information content (AvgIpc) is 3.10. The normalized spacial score (nSPS) is 22.6. The Bertz CT molecular complexity index is 573. The first kappa shape index (κ1) is 13.1. The largest absolute Gasteiger partial charge is 0.477 e. The van der Waals surface area contributed by atoms with Crippen molar-refractivity contribution in [3.8, 4) is 0 Å². The number of carboxylic acid groups (broad SMARTS) is 1. The maximum absolute atomic E-state index is 11.1. The summed E-state index contributed by atoms with van der Waals surface area (Å²) in [5.74, 6) is -0.862. The Kier molecular flexibility index (Phi) is 3.68. The molecule has 2 aromatic heterocycles. The minimum absolute atomic E-state index is 0.336. The number of carboxylic acids is 1. The number of aromatic nitrogens is 3. The third-order valence-electron chi connectivity index (χ3n) is 3.73. The minimum Gasteiger partial charge on any atom is -0.477 e. The van der Waals surface area contributed by atoms with E-state index in [2.05, 4.69) is 15.6 Å². The topological polar surface area (TPSA) is 80.0 Å². The molecular formula is C13H16N4O2S. The van der Waals surface area contributed by atoms with E-state index in [0.717, 1.165) is 31.4 Å². The fraction of sp³-hybridized carbons (Fsp3) is 0.462. The van der Waals surface area contributed by atoms with Crippen molar-refractivity contribution in [1.82, 2.24) is 15.0 Å². The van der Waals surface area contributed by atoms with Crippen LogP contribution in [0.3, 0.4) is 0 Å². The highest BCUT2D eigenvalue weighted by atomic mass is 32.1. The Labute approximate surface area is 120 Å². The molecule has 0 spiro atoms. The molecule has 1 fully saturated rings. The highest BCUT2D eigenvalue weighted by molar-refractivity contribution is 7.12. The number of thiophene rings is 1. The number of nitrogens with zero attached hydrogens (tertiary/aromatic N) is 3. The summed E-state index contributed by atoms with van der Waals surface area (Å²) < 4.78 is 1.92. The first-order chi connectivity index (χ1) is 9.74. The first-order valence-electron chi connectivity index (χ1n) is 6.67. The Morgan fingerprint density at radius 3 is 2.85 bits per heavy atom. The van der Waals surface area contributed by atoms with Gasteiger partial charge in [0.1, 0.15) is 4.88 Å². The minimum atomic E-state index is -0.862. The van der Waals surface area contributed by atoms with Crippen molar-refractivity contribution in [3.63, 3.8) is 0 Å². The lowest BCUT2D eigenvalue weighted by atomic mass is 9.91. The van der Waals surface area contributed by atoms with E-state index in [0.29, 0.717) is 17.0 Å². The third kappa shape index (κ3) is 2.67. The molecule has 1 aliphatic rings. The number of carbonyl (C=O) groups is 1. The molecule has 2 aromatic rings. The number of aromatic carboxylic acids is 1. The summed E-state index contributed by atoms with van der Waals surface area (Å²) in [5, 5.41) is 22.2. The van der Waals surface area contributed by atoms with E-state index in [-0.39, 0.29) is 0 Å². The molecule has 106 valence electrons. The van der Waals surface area contributed by atoms with E-state index in [1.54, 1.807) is 6.20 Å². The lowest BCUT2D eigenvalue weighted by Gasteiger charge is -2.29. The van der Waals surface area contributed by atoms with Crippen molar-refractivity contribution in [2.75, 3.05) is 5.32 Å². The second kappa shape index (κ2) is 5.62. The van der Waals surface area contributed by atoms with Gasteiger partial charge in [0.25, 0.3) is 0 Å². The van der Waals surface area contributed by atoms with Crippen molar-refractivity contribution < 1.29 is 9.90 Å². The summed E-state index contributed by atoms with van der Waals surface area (Å²) in [5.41, 5.74) is 0.742. The molecule has 0 aliphatic heterocycles. The molecule has 0 atom stereocenters. The molecule has 0 bridgehead atoms. The van der Waals surface area contributed by atoms with Gasteiger partial charge in [0.05, 0.1) is 17.9 Å². The fourth-order valence-corrected chi connectivity index (χ4v) is 3.40. The number of rotatable bonds is 4. The molecule has 0 unspecified atom stereocenters. The monoisotopic (exact) mass is 292 g/mol. The fourth-order valence-electron chi connectivity index (χ4n) is 2.71. The Morgan fingerprint density at radius 2 is 2.20 bits per heavy atom. The Balaban J connectivity index is 1.59. The SMILES string of the molecule is O=C(O)c1sccc1NC1CCC(n2ccnn2)CC1. The van der Waals surface area contributed by atoms with Gasteiger partial charge in [0, 0.05) is 12.2 Å². The van der Waals surface area contributed by atoms with Crippen LogP contribution in [0.2, 0.25) is 0 Å². The molecular weight excluding hydrogens is 276 g/mol. The van der Waals surface area contributed by atoms with E-state index in [1.807, 2.05) is 22.3 Å². The zero-order valence-corrected chi connectivity index (χ0v) is 11.7. The molecule has 6 nitrogen and oxygen atoms in total. The molecule has 0 aromatic carbocycles. The van der Waals surface area contributed by atoms with Crippen LogP contribution in [0.15, 0.2) is 23.8 Å². The zero-order chi connectivity index (χ0) is 13.9. The molecule has 2 N–H and O–H groups in total. The highest BCUT2D eigenvalue weighted by Crippen LogP contribution is 2.31. The van der Waals surface area contributed by atoms with Crippen LogP contribution in [-0.4, -0.2) is 32.1 Å². The molecule has 0 saturated heterocycles. The van der Waals surface area contributed by atoms with Crippen LogP contribution < -0.4 is 5.32 Å². The summed E-state index contributed by atoms with van der Waals surface area (Å²) in [7, 11) is 0. The summed E-state index contributed by atoms with van der Waals surface area (Å²) in [6, 6.07) is 2.59. The van der Waals surface area contributed by atoms with E-state index in [4.69, 9.17) is 5.11 Å². The molecule has 20 heavy (non-hydrogen) atoms. The van der Waals surface area contributed by atoms with Gasteiger partial charge < -0.3 is 10.4 Å². The summed E-state index contributed by atoms with van der Waals surface area (Å²) >= 11 is 1.26. The standard InChI is InChI=1S/C13H16N4O2S/c18-13(19)12-11(5-8-20-12)15-9-1-3-10(4-2-9)17-7-6-14-16-17/h5-10,15H,1-4H2,(H,18,19). The van der Waals surface area contributed by atoms with Crippen molar-refractivity contribution in [2.24, 2.45) is 0 Å². The van der Waals surface area contributed by atoms with Crippen LogP contribution in [0, 0.1) is 0 Å². The predicted octanol–water partition coefficient (Wildman–Crippen LogP) is 2.63. The van der Waals surface area contributed by atoms with Gasteiger partial charge in [-0.3, -0.25) is 0 Å². The number of anilines is 1. The molecule has 1 aliphatic carbocycles. The van der Waals surface area contributed by atoms with Gasteiger partial charge in [-0.1, -0.05) is 5.21 Å². The Morgan fingerprint density at radius 1 is 1.40 bits per heavy atom. The summed E-state index contributed by atoms with van der Waals surface area (Å²) in [6.45, 7) is 0. The smallest absolute Gasteiger partial charge is 0.348 e. The maximum Gasteiger partial charge on any atom is 0.348 e. The number of hydrogen-bond donors (Lipinski definition) is 2. The van der Waals surface area contributed by atoms with E-state index < -0.39 is 5.97 Å². The molecule has 7 heteroatoms. The van der Waals surface area contributed by atoms with Crippen LogP contribution in [0.4, 0.5) is 5.69 Å². The zero-order valence-electron chi connectivity index (χ0n) is 10.9. The summed E-state index contributed by atoms with van der Waals surface area (Å²) in [6.07, 6.45) is 7.70. The maximum atomic E-state index is 11.1. The van der Waals surface area contributed by atoms with Gasteiger partial charge in [0.15, 0.2) is 0 Å². The van der Waals surface area contributed by atoms with Gasteiger partial charge >= 0.3 is 5.97 Å². The molecule has 2 heterocycles. The van der Waals surface area contributed by atoms with Crippen LogP contribution >= 0.6 is 11.3 Å². The van der Waals surface area contributed by atoms with Crippen LogP contribution in [0.25, 0.3) is 0 Å². The van der Waals surface area contributed by atoms with E-state index >= 15 is 0 Å². The number of nitrogens with one attached hydrogen (secondary N) is 1. The predicted molar refractivity (Wildman–Crippen MR) is 76.2 cm³/mol. The van der Waals surface area contributed by atoms with Crippen molar-refractivity contribution in [2.45, 2.75) is 37.8 Å². The van der Waals surface area contributed by atoms with E-state index in [9.17, 15) is 4.79 Å². The summed E-state index contributed by atoms with van der Waals surface area (Å²) in [4.78, 5) is 11.5. The first-order valence-corrected chi connectivity index (χ1v) is 7.55. The quantitative estimate of drug-likeness (QED) is 0.905. The second-order valence-corrected chi connectivity index (χ2v) is 5.92. The van der Waals surface area contributed by atoms with Crippen LogP contribution in [0.5, 0.6) is 0 Å². The van der Waals surface area contributed by atoms with Crippen LogP contribution in [-0.2, 0) is 0 Å². The highest BCUT2D eigenvalue weighted by Gasteiger charge is 2.24. The average molecular weight is 292 g/mol. The lowest BCUT2D eigenvalue weighted by molar-refractivity contribution is 0.0703. The van der Waals surface area contributed by atoms with Gasteiger partial charge in [0.2, 0.25) is 0 Å². The van der Waals surface area contributed by atoms with Gasteiger partial charge in [-0.15, -0.1) is 16.4 Å². The van der Waals surface area contributed by atoms with Gasteiger partial charge in [-0.25, -0.2) is 9.48 Å². The van der Waals surface area contributed by atoms with Gasteiger partial charge in [-0.05, 0) is 37.1 Å².